The molecule has 0 N–H and O–H groups in total. The van der Waals surface area contributed by atoms with Gasteiger partial charge in [-0.1, -0.05) is 44.5 Å². The number of hydrogen-bond acceptors (Lipinski definition) is 6. The lowest BCUT2D eigenvalue weighted by atomic mass is 9.60. The Kier molecular flexibility index (Phi) is 8.51. The number of nitrogens with zero attached hydrogens (tertiary/aromatic N) is 1. The fraction of sp³-hybridized carbons (Fsp3) is 0.767. The minimum atomic E-state index is -0.981. The summed E-state index contributed by atoms with van der Waals surface area (Å²) in [4.78, 5) is 15.7. The first-order chi connectivity index (χ1) is 17.6. The van der Waals surface area contributed by atoms with Crippen molar-refractivity contribution >= 4 is 25.8 Å². The largest absolute Gasteiger partial charge is 0.494 e. The second-order valence-corrected chi connectivity index (χ2v) is 14.6. The van der Waals surface area contributed by atoms with Crippen molar-refractivity contribution in [3.63, 3.8) is 0 Å². The molecule has 0 bridgehead atoms. The van der Waals surface area contributed by atoms with Crippen molar-refractivity contribution < 1.29 is 28.1 Å². The fourth-order valence-electron chi connectivity index (χ4n) is 4.66. The van der Waals surface area contributed by atoms with Gasteiger partial charge in [-0.3, -0.25) is 4.90 Å². The average Bonchev–Trinajstić information content (AvgIpc) is 3.15. The third kappa shape index (κ3) is 6.22. The molecule has 2 aliphatic rings. The van der Waals surface area contributed by atoms with Crippen LogP contribution in [-0.2, 0) is 28.8 Å². The van der Waals surface area contributed by atoms with E-state index in [1.807, 2.05) is 107 Å². The molecule has 1 aromatic rings. The van der Waals surface area contributed by atoms with Gasteiger partial charge in [-0.25, -0.2) is 4.79 Å². The lowest BCUT2D eigenvalue weighted by molar-refractivity contribution is 0.00155. The molecule has 0 saturated carbocycles. The van der Waals surface area contributed by atoms with E-state index in [9.17, 15) is 4.79 Å². The monoisotopic (exact) mass is 543 g/mol. The van der Waals surface area contributed by atoms with Gasteiger partial charge >= 0.3 is 20.3 Å². The van der Waals surface area contributed by atoms with Crippen LogP contribution in [0, 0.1) is 5.92 Å². The van der Waals surface area contributed by atoms with Crippen molar-refractivity contribution in [2.24, 2.45) is 5.92 Å². The number of rotatable bonds is 7. The summed E-state index contributed by atoms with van der Waals surface area (Å²) in [6.07, 6.45) is 0.523. The highest BCUT2D eigenvalue weighted by molar-refractivity contribution is 6.62. The molecular formula is C30H51B2NO6. The molecule has 7 nitrogen and oxygen atoms in total. The molecule has 2 aliphatic heterocycles. The fourth-order valence-corrected chi connectivity index (χ4v) is 4.66. The van der Waals surface area contributed by atoms with E-state index < -0.39 is 53.8 Å². The maximum Gasteiger partial charge on any atom is 0.494 e. The number of carbonyl (C=O) groups is 1. The Bertz CT molecular complexity index is 1000. The maximum atomic E-state index is 13.9. The Morgan fingerprint density at radius 3 is 1.69 bits per heavy atom. The summed E-state index contributed by atoms with van der Waals surface area (Å²) >= 11 is 0. The van der Waals surface area contributed by atoms with Crippen LogP contribution in [0.25, 0.3) is 0 Å². The molecule has 2 unspecified atom stereocenters. The SMILES string of the molecule is CCC(C)CN(C(=O)OC(C)(C)C)C(C)(B1OC(C)(C)C(C)(C)O1)c1ccc(B2OC(C)(C)C(C)(C)O2)cc1. The molecule has 0 aliphatic carbocycles. The minimum Gasteiger partial charge on any atom is -0.444 e. The molecule has 2 saturated heterocycles. The van der Waals surface area contributed by atoms with E-state index in [-0.39, 0.29) is 5.92 Å². The van der Waals surface area contributed by atoms with E-state index in [0.29, 0.717) is 6.54 Å². The predicted octanol–water partition coefficient (Wildman–Crippen LogP) is 6.12. The zero-order valence-corrected chi connectivity index (χ0v) is 26.9. The molecule has 39 heavy (non-hydrogen) atoms. The molecule has 0 radical (unpaired) electrons. The van der Waals surface area contributed by atoms with Crippen molar-refractivity contribution in [3.8, 4) is 0 Å². The Hall–Kier alpha value is -1.54. The normalized spacial score (nSPS) is 23.8. The standard InChI is InChI=1S/C30H51B2NO6/c1-15-21(2)20-33(24(34)35-25(3,4)5)30(14,32-38-28(10,11)29(12,13)39-32)22-16-18-23(19-17-22)31-36-26(6,7)27(8,9)37-31/h16-19,21H,15,20H2,1-14H3. The quantitative estimate of drug-likeness (QED) is 0.387. The maximum absolute atomic E-state index is 13.9. The molecule has 2 atom stereocenters. The van der Waals surface area contributed by atoms with E-state index in [1.165, 1.54) is 0 Å². The Morgan fingerprint density at radius 2 is 1.28 bits per heavy atom. The third-order valence-corrected chi connectivity index (χ3v) is 9.10. The second kappa shape index (κ2) is 10.4. The highest BCUT2D eigenvalue weighted by Gasteiger charge is 2.62. The van der Waals surface area contributed by atoms with Gasteiger partial charge < -0.3 is 23.4 Å². The molecule has 2 heterocycles. The second-order valence-electron chi connectivity index (χ2n) is 14.6. The smallest absolute Gasteiger partial charge is 0.444 e. The van der Waals surface area contributed by atoms with Gasteiger partial charge in [0.15, 0.2) is 0 Å². The summed E-state index contributed by atoms with van der Waals surface area (Å²) in [5, 5.41) is 0. The van der Waals surface area contributed by atoms with Crippen LogP contribution < -0.4 is 5.46 Å². The van der Waals surface area contributed by atoms with E-state index in [4.69, 9.17) is 23.4 Å². The van der Waals surface area contributed by atoms with Gasteiger partial charge in [0.1, 0.15) is 11.0 Å². The highest BCUT2D eigenvalue weighted by Crippen LogP contribution is 2.45. The van der Waals surface area contributed by atoms with Crippen molar-refractivity contribution in [3.05, 3.63) is 29.8 Å². The Morgan fingerprint density at radius 1 is 0.846 bits per heavy atom. The first kappa shape index (κ1) is 32.0. The molecule has 1 amide bonds. The molecule has 1 aromatic carbocycles. The summed E-state index contributed by atoms with van der Waals surface area (Å²) in [5.74, 6) is 0.239. The molecule has 218 valence electrons. The van der Waals surface area contributed by atoms with Crippen molar-refractivity contribution in [1.29, 1.82) is 0 Å². The average molecular weight is 543 g/mol. The third-order valence-electron chi connectivity index (χ3n) is 9.10. The van der Waals surface area contributed by atoms with Gasteiger partial charge in [-0.2, -0.15) is 0 Å². The number of amides is 1. The van der Waals surface area contributed by atoms with Gasteiger partial charge in [0, 0.05) is 6.54 Å². The first-order valence-corrected chi connectivity index (χ1v) is 14.4. The van der Waals surface area contributed by atoms with Crippen LogP contribution in [0.4, 0.5) is 4.79 Å². The lowest BCUT2D eigenvalue weighted by Gasteiger charge is -2.44. The van der Waals surface area contributed by atoms with Crippen molar-refractivity contribution in [1.82, 2.24) is 4.90 Å². The molecule has 0 aromatic heterocycles. The summed E-state index contributed by atoms with van der Waals surface area (Å²) in [6, 6.07) is 8.08. The molecular weight excluding hydrogens is 492 g/mol. The first-order valence-electron chi connectivity index (χ1n) is 14.4. The number of benzene rings is 1. The van der Waals surface area contributed by atoms with Crippen LogP contribution in [0.15, 0.2) is 24.3 Å². The van der Waals surface area contributed by atoms with E-state index in [1.54, 1.807) is 4.90 Å². The summed E-state index contributed by atoms with van der Waals surface area (Å²) in [5.41, 5.74) is -1.84. The minimum absolute atomic E-state index is 0.239. The van der Waals surface area contributed by atoms with Crippen LogP contribution in [0.2, 0.25) is 0 Å². The summed E-state index contributed by atoms with van der Waals surface area (Å²) in [7, 11) is -1.20. The number of ether oxygens (including phenoxy) is 1. The van der Waals surface area contributed by atoms with E-state index in [0.717, 1.165) is 17.4 Å². The van der Waals surface area contributed by atoms with Gasteiger partial charge in [-0.15, -0.1) is 0 Å². The number of hydrogen-bond donors (Lipinski definition) is 0. The highest BCUT2D eigenvalue weighted by atomic mass is 16.7. The van der Waals surface area contributed by atoms with Crippen molar-refractivity contribution in [2.45, 2.75) is 137 Å². The van der Waals surface area contributed by atoms with Crippen LogP contribution in [0.3, 0.4) is 0 Å². The predicted molar refractivity (Wildman–Crippen MR) is 158 cm³/mol. The molecule has 9 heteroatoms. The van der Waals surface area contributed by atoms with Gasteiger partial charge in [0.05, 0.1) is 22.4 Å². The van der Waals surface area contributed by atoms with Crippen LogP contribution in [0.5, 0.6) is 0 Å². The van der Waals surface area contributed by atoms with Gasteiger partial charge in [0.2, 0.25) is 0 Å². The zero-order chi connectivity index (χ0) is 29.8. The molecule has 0 spiro atoms. The van der Waals surface area contributed by atoms with E-state index in [2.05, 4.69) is 13.8 Å². The van der Waals surface area contributed by atoms with Gasteiger partial charge in [0.25, 0.3) is 0 Å². The Balaban J connectivity index is 2.10. The van der Waals surface area contributed by atoms with Gasteiger partial charge in [-0.05, 0) is 100 Å². The van der Waals surface area contributed by atoms with Crippen LogP contribution in [-0.4, -0.2) is 59.8 Å². The summed E-state index contributed by atoms with van der Waals surface area (Å²) in [6.45, 7) is 28.7. The van der Waals surface area contributed by atoms with Crippen LogP contribution in [0.1, 0.15) is 109 Å². The zero-order valence-electron chi connectivity index (χ0n) is 26.9. The molecule has 3 rings (SSSR count). The van der Waals surface area contributed by atoms with Crippen molar-refractivity contribution in [2.75, 3.05) is 6.54 Å². The summed E-state index contributed by atoms with van der Waals surface area (Å²) < 4.78 is 31.8. The van der Waals surface area contributed by atoms with E-state index >= 15 is 0 Å². The lowest BCUT2D eigenvalue weighted by Crippen LogP contribution is -2.60. The topological polar surface area (TPSA) is 66.5 Å². The Labute approximate surface area is 237 Å². The molecule has 2 fully saturated rings. The van der Waals surface area contributed by atoms with Crippen LogP contribution >= 0.6 is 0 Å². The number of carbonyl (C=O) groups excluding carboxylic acids is 1.